The maximum atomic E-state index is 5.78. The number of piperazine rings is 1. The van der Waals surface area contributed by atoms with Crippen LogP contribution in [0.3, 0.4) is 0 Å². The van der Waals surface area contributed by atoms with Crippen LogP contribution in [-0.2, 0) is 0 Å². The molecule has 0 unspecified atom stereocenters. The number of benzene rings is 2. The van der Waals surface area contributed by atoms with E-state index < -0.39 is 0 Å². The molecule has 5 nitrogen and oxygen atoms in total. The van der Waals surface area contributed by atoms with Gasteiger partial charge in [-0.15, -0.1) is 0 Å². The van der Waals surface area contributed by atoms with Crippen molar-refractivity contribution < 1.29 is 9.47 Å². The van der Waals surface area contributed by atoms with Crippen molar-refractivity contribution in [1.29, 1.82) is 0 Å². The molecule has 3 rings (SSSR count). The van der Waals surface area contributed by atoms with E-state index >= 15 is 0 Å². The van der Waals surface area contributed by atoms with Gasteiger partial charge < -0.3 is 19.7 Å². The fraction of sp³-hybridized carbons (Fsp3) is 0.350. The molecule has 0 amide bonds. The van der Waals surface area contributed by atoms with E-state index in [1.807, 2.05) is 54.6 Å². The van der Waals surface area contributed by atoms with E-state index in [1.165, 1.54) is 0 Å². The van der Waals surface area contributed by atoms with E-state index in [4.69, 9.17) is 21.7 Å². The fourth-order valence-electron chi connectivity index (χ4n) is 2.89. The summed E-state index contributed by atoms with van der Waals surface area (Å²) in [6, 6.07) is 17.8. The molecule has 0 saturated carbocycles. The predicted octanol–water partition coefficient (Wildman–Crippen LogP) is 3.09. The van der Waals surface area contributed by atoms with Crippen LogP contribution in [0.4, 0.5) is 5.69 Å². The smallest absolute Gasteiger partial charge is 0.173 e. The van der Waals surface area contributed by atoms with Gasteiger partial charge in [0.2, 0.25) is 0 Å². The number of nitrogens with one attached hydrogen (secondary N) is 1. The topological polar surface area (TPSA) is 37.0 Å². The van der Waals surface area contributed by atoms with Crippen LogP contribution in [0, 0.1) is 0 Å². The van der Waals surface area contributed by atoms with Crippen molar-refractivity contribution in [2.24, 2.45) is 0 Å². The molecule has 1 aliphatic heterocycles. The molecule has 0 bridgehead atoms. The first-order chi connectivity index (χ1) is 12.7. The van der Waals surface area contributed by atoms with Gasteiger partial charge in [0.1, 0.15) is 18.1 Å². The monoisotopic (exact) mass is 371 g/mol. The quantitative estimate of drug-likeness (QED) is 0.787. The Bertz CT molecular complexity index is 703. The van der Waals surface area contributed by atoms with Crippen LogP contribution >= 0.6 is 12.2 Å². The molecule has 0 spiro atoms. The van der Waals surface area contributed by atoms with E-state index in [2.05, 4.69) is 15.1 Å². The number of ether oxygens (including phenoxy) is 2. The standard InChI is InChI=1S/C20H25N3O2S/c1-24-19-9-5-6-17(16-19)21-20(26)23-12-10-22(11-13-23)14-15-25-18-7-3-2-4-8-18/h2-9,16H,10-15H2,1H3,(H,21,26). The first kappa shape index (κ1) is 18.5. The summed E-state index contributed by atoms with van der Waals surface area (Å²) in [5, 5.41) is 4.06. The second-order valence-electron chi connectivity index (χ2n) is 6.15. The zero-order chi connectivity index (χ0) is 18.2. The van der Waals surface area contributed by atoms with E-state index in [1.54, 1.807) is 7.11 Å². The van der Waals surface area contributed by atoms with E-state index in [0.29, 0.717) is 6.61 Å². The highest BCUT2D eigenvalue weighted by molar-refractivity contribution is 7.80. The summed E-state index contributed by atoms with van der Waals surface area (Å²) >= 11 is 5.56. The van der Waals surface area contributed by atoms with Crippen LogP contribution in [0.25, 0.3) is 0 Å². The van der Waals surface area contributed by atoms with Gasteiger partial charge in [0.25, 0.3) is 0 Å². The van der Waals surface area contributed by atoms with Gasteiger partial charge in [-0.3, -0.25) is 4.90 Å². The van der Waals surface area contributed by atoms with E-state index in [0.717, 1.165) is 55.0 Å². The number of rotatable bonds is 6. The van der Waals surface area contributed by atoms with E-state index in [-0.39, 0.29) is 0 Å². The molecular formula is C20H25N3O2S. The Labute approximate surface area is 160 Å². The third-order valence-corrected chi connectivity index (χ3v) is 4.76. The molecule has 1 aliphatic rings. The average Bonchev–Trinajstić information content (AvgIpc) is 2.69. The Hall–Kier alpha value is -2.31. The van der Waals surface area contributed by atoms with Gasteiger partial charge >= 0.3 is 0 Å². The third kappa shape index (κ3) is 5.34. The Morgan fingerprint density at radius 1 is 1.00 bits per heavy atom. The molecule has 1 N–H and O–H groups in total. The number of hydrogen-bond acceptors (Lipinski definition) is 4. The Morgan fingerprint density at radius 2 is 1.73 bits per heavy atom. The SMILES string of the molecule is COc1cccc(NC(=S)N2CCN(CCOc3ccccc3)CC2)c1. The lowest BCUT2D eigenvalue weighted by Crippen LogP contribution is -2.50. The Kier molecular flexibility index (Phi) is 6.68. The molecule has 0 aromatic heterocycles. The minimum atomic E-state index is 0.705. The number of thiocarbonyl (C=S) groups is 1. The lowest BCUT2D eigenvalue weighted by molar-refractivity contribution is 0.155. The minimum Gasteiger partial charge on any atom is -0.497 e. The van der Waals surface area contributed by atoms with Gasteiger partial charge in [0, 0.05) is 44.5 Å². The molecular weight excluding hydrogens is 346 g/mol. The van der Waals surface area contributed by atoms with Crippen molar-refractivity contribution in [1.82, 2.24) is 9.80 Å². The van der Waals surface area contributed by atoms with Crippen LogP contribution in [0.15, 0.2) is 54.6 Å². The van der Waals surface area contributed by atoms with Gasteiger partial charge in [-0.2, -0.15) is 0 Å². The van der Waals surface area contributed by atoms with Crippen molar-refractivity contribution in [2.45, 2.75) is 0 Å². The molecule has 0 atom stereocenters. The predicted molar refractivity (Wildman–Crippen MR) is 109 cm³/mol. The molecule has 1 saturated heterocycles. The normalized spacial score (nSPS) is 14.7. The lowest BCUT2D eigenvalue weighted by atomic mass is 10.3. The summed E-state index contributed by atoms with van der Waals surface area (Å²) in [4.78, 5) is 4.62. The lowest BCUT2D eigenvalue weighted by Gasteiger charge is -2.36. The highest BCUT2D eigenvalue weighted by atomic mass is 32.1. The highest BCUT2D eigenvalue weighted by Gasteiger charge is 2.18. The molecule has 1 heterocycles. The zero-order valence-electron chi connectivity index (χ0n) is 15.1. The van der Waals surface area contributed by atoms with E-state index in [9.17, 15) is 0 Å². The zero-order valence-corrected chi connectivity index (χ0v) is 15.9. The fourth-order valence-corrected chi connectivity index (χ4v) is 3.19. The first-order valence-electron chi connectivity index (χ1n) is 8.85. The summed E-state index contributed by atoms with van der Waals surface area (Å²) in [7, 11) is 1.66. The summed E-state index contributed by atoms with van der Waals surface area (Å²) in [6.45, 7) is 5.44. The Balaban J connectivity index is 1.39. The van der Waals surface area contributed by atoms with Crippen LogP contribution in [0.2, 0.25) is 0 Å². The van der Waals surface area contributed by atoms with Crippen molar-refractivity contribution in [3.05, 3.63) is 54.6 Å². The highest BCUT2D eigenvalue weighted by Crippen LogP contribution is 2.17. The summed E-state index contributed by atoms with van der Waals surface area (Å²) in [5.74, 6) is 1.75. The molecule has 26 heavy (non-hydrogen) atoms. The van der Waals surface area contributed by atoms with Crippen LogP contribution in [0.1, 0.15) is 0 Å². The largest absolute Gasteiger partial charge is 0.497 e. The number of nitrogens with zero attached hydrogens (tertiary/aromatic N) is 2. The second kappa shape index (κ2) is 9.40. The third-order valence-electron chi connectivity index (χ3n) is 4.40. The summed E-state index contributed by atoms with van der Waals surface area (Å²) in [6.07, 6.45) is 0. The summed E-state index contributed by atoms with van der Waals surface area (Å²) < 4.78 is 11.0. The van der Waals surface area contributed by atoms with Gasteiger partial charge in [-0.1, -0.05) is 24.3 Å². The van der Waals surface area contributed by atoms with Crippen LogP contribution in [0.5, 0.6) is 11.5 Å². The van der Waals surface area contributed by atoms with Crippen LogP contribution < -0.4 is 14.8 Å². The number of hydrogen-bond donors (Lipinski definition) is 1. The van der Waals surface area contributed by atoms with Crippen molar-refractivity contribution in [3.8, 4) is 11.5 Å². The Morgan fingerprint density at radius 3 is 2.46 bits per heavy atom. The molecule has 6 heteroatoms. The molecule has 0 aliphatic carbocycles. The van der Waals surface area contributed by atoms with Crippen molar-refractivity contribution in [2.75, 3.05) is 51.8 Å². The molecule has 2 aromatic carbocycles. The average molecular weight is 372 g/mol. The van der Waals surface area contributed by atoms with Crippen molar-refractivity contribution >= 4 is 23.0 Å². The van der Waals surface area contributed by atoms with Gasteiger partial charge in [-0.25, -0.2) is 0 Å². The van der Waals surface area contributed by atoms with Gasteiger partial charge in [-0.05, 0) is 36.5 Å². The number of anilines is 1. The minimum absolute atomic E-state index is 0.705. The van der Waals surface area contributed by atoms with Crippen molar-refractivity contribution in [3.63, 3.8) is 0 Å². The molecule has 2 aromatic rings. The van der Waals surface area contributed by atoms with Gasteiger partial charge in [0.05, 0.1) is 7.11 Å². The second-order valence-corrected chi connectivity index (χ2v) is 6.54. The molecule has 0 radical (unpaired) electrons. The number of para-hydroxylation sites is 1. The molecule has 138 valence electrons. The number of methoxy groups -OCH3 is 1. The maximum Gasteiger partial charge on any atom is 0.173 e. The first-order valence-corrected chi connectivity index (χ1v) is 9.25. The maximum absolute atomic E-state index is 5.78. The van der Waals surface area contributed by atoms with Crippen LogP contribution in [-0.4, -0.2) is 61.4 Å². The summed E-state index contributed by atoms with van der Waals surface area (Å²) in [5.41, 5.74) is 0.952. The van der Waals surface area contributed by atoms with Gasteiger partial charge in [0.15, 0.2) is 5.11 Å². The molecule has 1 fully saturated rings.